The molecule has 1 aliphatic carbocycles. The lowest BCUT2D eigenvalue weighted by Gasteiger charge is -2.22. The summed E-state index contributed by atoms with van der Waals surface area (Å²) in [5.74, 6) is -0.128. The van der Waals surface area contributed by atoms with Gasteiger partial charge in [-0.05, 0) is 31.0 Å². The SMILES string of the molecule is O=C(c1ccc(Br)c(C(F)(F)F)c1)N(CCCl)C1CC1. The Kier molecular flexibility index (Phi) is 4.64. The lowest BCUT2D eigenvalue weighted by atomic mass is 10.1. The molecule has 2 nitrogen and oxygen atoms in total. The summed E-state index contributed by atoms with van der Waals surface area (Å²) < 4.78 is 38.4. The average Bonchev–Trinajstić information content (AvgIpc) is 3.18. The maximum Gasteiger partial charge on any atom is 0.417 e. The molecule has 2 rings (SSSR count). The van der Waals surface area contributed by atoms with Crippen LogP contribution in [0.3, 0.4) is 0 Å². The maximum absolute atomic E-state index is 12.8. The van der Waals surface area contributed by atoms with Crippen LogP contribution in [0.15, 0.2) is 22.7 Å². The summed E-state index contributed by atoms with van der Waals surface area (Å²) in [5.41, 5.74) is -0.803. The van der Waals surface area contributed by atoms with E-state index < -0.39 is 17.6 Å². The highest BCUT2D eigenvalue weighted by molar-refractivity contribution is 9.10. The summed E-state index contributed by atoms with van der Waals surface area (Å²) in [6, 6.07) is 3.64. The fourth-order valence-electron chi connectivity index (χ4n) is 1.97. The summed E-state index contributed by atoms with van der Waals surface area (Å²) in [4.78, 5) is 13.8. The van der Waals surface area contributed by atoms with Gasteiger partial charge in [-0.1, -0.05) is 15.9 Å². The summed E-state index contributed by atoms with van der Waals surface area (Å²) in [7, 11) is 0. The molecule has 1 amide bonds. The van der Waals surface area contributed by atoms with Crippen molar-refractivity contribution in [1.82, 2.24) is 4.90 Å². The van der Waals surface area contributed by atoms with Gasteiger partial charge in [-0.2, -0.15) is 13.2 Å². The number of hydrogen-bond donors (Lipinski definition) is 0. The molecule has 1 aliphatic rings. The third-order valence-corrected chi connectivity index (χ3v) is 3.95. The van der Waals surface area contributed by atoms with Gasteiger partial charge in [0.05, 0.1) is 5.56 Å². The van der Waals surface area contributed by atoms with E-state index in [4.69, 9.17) is 11.6 Å². The van der Waals surface area contributed by atoms with Gasteiger partial charge in [-0.15, -0.1) is 11.6 Å². The van der Waals surface area contributed by atoms with Crippen molar-refractivity contribution < 1.29 is 18.0 Å². The van der Waals surface area contributed by atoms with Gasteiger partial charge in [-0.25, -0.2) is 0 Å². The first-order valence-electron chi connectivity index (χ1n) is 6.08. The number of alkyl halides is 4. The molecular formula is C13H12BrClF3NO. The molecule has 0 bridgehead atoms. The van der Waals surface area contributed by atoms with Crippen LogP contribution in [0.5, 0.6) is 0 Å². The lowest BCUT2D eigenvalue weighted by molar-refractivity contribution is -0.138. The van der Waals surface area contributed by atoms with Crippen LogP contribution in [-0.4, -0.2) is 29.3 Å². The van der Waals surface area contributed by atoms with Crippen LogP contribution >= 0.6 is 27.5 Å². The van der Waals surface area contributed by atoms with E-state index in [1.165, 1.54) is 12.1 Å². The smallest absolute Gasteiger partial charge is 0.334 e. The van der Waals surface area contributed by atoms with Crippen molar-refractivity contribution in [3.05, 3.63) is 33.8 Å². The third-order valence-electron chi connectivity index (χ3n) is 3.09. The molecule has 0 N–H and O–H groups in total. The minimum absolute atomic E-state index is 0.0394. The minimum atomic E-state index is -4.49. The van der Waals surface area contributed by atoms with Crippen LogP contribution in [0.25, 0.3) is 0 Å². The van der Waals surface area contributed by atoms with Gasteiger partial charge in [0.1, 0.15) is 0 Å². The Balaban J connectivity index is 2.30. The predicted octanol–water partition coefficient (Wildman–Crippen LogP) is 4.31. The first-order valence-corrected chi connectivity index (χ1v) is 7.41. The number of carbonyl (C=O) groups is 1. The molecule has 1 fully saturated rings. The highest BCUT2D eigenvalue weighted by Crippen LogP contribution is 2.36. The molecule has 0 radical (unpaired) electrons. The molecule has 0 atom stereocenters. The Morgan fingerprint density at radius 2 is 2.05 bits per heavy atom. The summed E-state index contributed by atoms with van der Waals surface area (Å²) in [5, 5.41) is 0. The van der Waals surface area contributed by atoms with Crippen LogP contribution in [0.1, 0.15) is 28.8 Å². The highest BCUT2D eigenvalue weighted by Gasteiger charge is 2.36. The molecule has 0 spiro atoms. The zero-order valence-corrected chi connectivity index (χ0v) is 12.7. The van der Waals surface area contributed by atoms with Gasteiger partial charge in [0.15, 0.2) is 0 Å². The number of benzene rings is 1. The fraction of sp³-hybridized carbons (Fsp3) is 0.462. The number of rotatable bonds is 4. The van der Waals surface area contributed by atoms with E-state index in [1.54, 1.807) is 4.90 Å². The Labute approximate surface area is 128 Å². The first kappa shape index (κ1) is 15.6. The molecular weight excluding hydrogens is 359 g/mol. The summed E-state index contributed by atoms with van der Waals surface area (Å²) >= 11 is 8.51. The Hall–Kier alpha value is -0.750. The second-order valence-corrected chi connectivity index (χ2v) is 5.84. The molecule has 0 heterocycles. The zero-order valence-electron chi connectivity index (χ0n) is 10.4. The third kappa shape index (κ3) is 3.47. The number of carbonyl (C=O) groups excluding carboxylic acids is 1. The standard InChI is InChI=1S/C13H12BrClF3NO/c14-11-4-1-8(7-10(11)13(16,17)18)12(20)19(6-5-15)9-2-3-9/h1,4,7,9H,2-3,5-6H2. The van der Waals surface area contributed by atoms with Crippen molar-refractivity contribution in [3.63, 3.8) is 0 Å². The van der Waals surface area contributed by atoms with E-state index in [1.807, 2.05) is 0 Å². The molecule has 110 valence electrons. The molecule has 20 heavy (non-hydrogen) atoms. The van der Waals surface area contributed by atoms with Crippen molar-refractivity contribution in [2.75, 3.05) is 12.4 Å². The molecule has 7 heteroatoms. The number of halogens is 5. The van der Waals surface area contributed by atoms with Crippen LogP contribution < -0.4 is 0 Å². The second kappa shape index (κ2) is 5.93. The largest absolute Gasteiger partial charge is 0.417 e. The molecule has 0 aromatic heterocycles. The molecule has 1 saturated carbocycles. The van der Waals surface area contributed by atoms with E-state index in [0.717, 1.165) is 18.9 Å². The molecule has 0 aliphatic heterocycles. The van der Waals surface area contributed by atoms with Gasteiger partial charge in [0, 0.05) is 28.5 Å². The number of hydrogen-bond acceptors (Lipinski definition) is 1. The van der Waals surface area contributed by atoms with Crippen molar-refractivity contribution >= 4 is 33.4 Å². The van der Waals surface area contributed by atoms with Crippen LogP contribution in [0.4, 0.5) is 13.2 Å². The van der Waals surface area contributed by atoms with Gasteiger partial charge in [-0.3, -0.25) is 4.79 Å². The minimum Gasteiger partial charge on any atom is -0.334 e. The quantitative estimate of drug-likeness (QED) is 0.723. The molecule has 0 unspecified atom stereocenters. The Morgan fingerprint density at radius 3 is 2.55 bits per heavy atom. The highest BCUT2D eigenvalue weighted by atomic mass is 79.9. The monoisotopic (exact) mass is 369 g/mol. The van der Waals surface area contributed by atoms with Gasteiger partial charge >= 0.3 is 6.18 Å². The van der Waals surface area contributed by atoms with Crippen molar-refractivity contribution in [1.29, 1.82) is 0 Å². The first-order chi connectivity index (χ1) is 9.34. The zero-order chi connectivity index (χ0) is 14.9. The number of nitrogens with zero attached hydrogens (tertiary/aromatic N) is 1. The van der Waals surface area contributed by atoms with E-state index in [0.29, 0.717) is 6.54 Å². The normalized spacial score (nSPS) is 15.2. The summed E-state index contributed by atoms with van der Waals surface area (Å²) in [6.45, 7) is 0.350. The average molecular weight is 371 g/mol. The molecule has 1 aromatic rings. The van der Waals surface area contributed by atoms with Gasteiger partial charge in [0.2, 0.25) is 0 Å². The van der Waals surface area contributed by atoms with Crippen molar-refractivity contribution in [2.45, 2.75) is 25.1 Å². The Morgan fingerprint density at radius 1 is 1.40 bits per heavy atom. The lowest BCUT2D eigenvalue weighted by Crippen LogP contribution is -2.34. The van der Waals surface area contributed by atoms with Crippen LogP contribution in [0, 0.1) is 0 Å². The number of amides is 1. The van der Waals surface area contributed by atoms with Crippen LogP contribution in [0.2, 0.25) is 0 Å². The molecule has 1 aromatic carbocycles. The topological polar surface area (TPSA) is 20.3 Å². The van der Waals surface area contributed by atoms with Gasteiger partial charge in [0.25, 0.3) is 5.91 Å². The van der Waals surface area contributed by atoms with E-state index >= 15 is 0 Å². The Bertz CT molecular complexity index is 517. The van der Waals surface area contributed by atoms with Crippen molar-refractivity contribution in [2.24, 2.45) is 0 Å². The van der Waals surface area contributed by atoms with E-state index in [2.05, 4.69) is 15.9 Å². The van der Waals surface area contributed by atoms with E-state index in [-0.39, 0.29) is 22.0 Å². The summed E-state index contributed by atoms with van der Waals surface area (Å²) in [6.07, 6.45) is -2.73. The molecule has 0 saturated heterocycles. The van der Waals surface area contributed by atoms with E-state index in [9.17, 15) is 18.0 Å². The second-order valence-electron chi connectivity index (χ2n) is 4.61. The maximum atomic E-state index is 12.8. The van der Waals surface area contributed by atoms with Crippen molar-refractivity contribution in [3.8, 4) is 0 Å². The fourth-order valence-corrected chi connectivity index (χ4v) is 2.62. The van der Waals surface area contributed by atoms with Gasteiger partial charge < -0.3 is 4.90 Å². The predicted molar refractivity (Wildman–Crippen MR) is 73.9 cm³/mol. The van der Waals surface area contributed by atoms with Crippen LogP contribution in [-0.2, 0) is 6.18 Å².